The summed E-state index contributed by atoms with van der Waals surface area (Å²) in [6, 6.07) is 83.9. The van der Waals surface area contributed by atoms with Gasteiger partial charge in [0.2, 0.25) is 0 Å². The van der Waals surface area contributed by atoms with Gasteiger partial charge in [0.05, 0.1) is 19.4 Å². The van der Waals surface area contributed by atoms with Crippen LogP contribution in [0.4, 0.5) is 34.1 Å². The Hall–Kier alpha value is -7.51. The Balaban J connectivity index is 1.03. The number of hydrogen-bond donors (Lipinski definition) is 0. The second-order valence-electron chi connectivity index (χ2n) is 19.7. The molecule has 0 bridgehead atoms. The van der Waals surface area contributed by atoms with Gasteiger partial charge in [-0.15, -0.1) is 0 Å². The third kappa shape index (κ3) is 6.73. The number of benzene rings is 11. The Morgan fingerprint density at radius 3 is 1.43 bits per heavy atom. The van der Waals surface area contributed by atoms with Gasteiger partial charge in [0.25, 0.3) is 0 Å². The maximum Gasteiger partial charge on any atom is 0.113 e. The zero-order valence-corrected chi connectivity index (χ0v) is 40.8. The van der Waals surface area contributed by atoms with Gasteiger partial charge in [0, 0.05) is 33.5 Å². The van der Waals surface area contributed by atoms with E-state index < -0.39 is 16.1 Å². The van der Waals surface area contributed by atoms with Gasteiger partial charge in [-0.3, -0.25) is 0 Å². The van der Waals surface area contributed by atoms with Gasteiger partial charge >= 0.3 is 0 Å². The molecule has 322 valence electrons. The smallest absolute Gasteiger partial charge is 0.113 e. The first-order chi connectivity index (χ1) is 32.6. The molecular weight excluding hydrogens is 841 g/mol. The van der Waals surface area contributed by atoms with E-state index in [1.165, 1.54) is 98.0 Å². The average Bonchev–Trinajstić information content (AvgIpc) is 3.36. The van der Waals surface area contributed by atoms with Crippen LogP contribution < -0.4 is 25.4 Å². The minimum Gasteiger partial charge on any atom is -0.310 e. The number of fused-ring (bicyclic) bond motifs is 7. The van der Waals surface area contributed by atoms with Crippen LogP contribution in [0.25, 0.3) is 65.3 Å². The predicted octanol–water partition coefficient (Wildman–Crippen LogP) is 16.3. The Bertz CT molecular complexity index is 3650. The molecular formula is C63H52N2Si2. The average molecular weight is 893 g/mol. The van der Waals surface area contributed by atoms with Crippen LogP contribution in [0.15, 0.2) is 224 Å². The molecule has 0 aliphatic carbocycles. The zero-order valence-electron chi connectivity index (χ0n) is 38.8. The van der Waals surface area contributed by atoms with E-state index in [9.17, 15) is 0 Å². The van der Waals surface area contributed by atoms with Crippen molar-refractivity contribution in [1.29, 1.82) is 0 Å². The monoisotopic (exact) mass is 892 g/mol. The van der Waals surface area contributed by atoms with Crippen molar-refractivity contribution in [3.8, 4) is 22.3 Å². The van der Waals surface area contributed by atoms with Crippen molar-refractivity contribution < 1.29 is 0 Å². The van der Waals surface area contributed by atoms with Gasteiger partial charge in [-0.05, 0) is 132 Å². The number of anilines is 6. The van der Waals surface area contributed by atoms with Gasteiger partial charge in [-0.1, -0.05) is 196 Å². The standard InChI is InChI=1S/C63H52N2Si2/c1-66(2,3)48-35-33-47(34-36-48)64(44-20-9-6-10-21-44)59-39-38-49(50-26-15-17-28-52(50)59)43-32-37-54-58-41-56-51-27-16-18-29-53(51)60(65(45-22-11-7-12-23-45)46-24-13-8-14-25-46)42-57(56)55-30-19-31-61(63(55)58)67(4,5)62(54)40-43/h6-42H,1-5H3. The molecule has 0 saturated carbocycles. The van der Waals surface area contributed by atoms with Crippen molar-refractivity contribution >= 4 is 109 Å². The summed E-state index contributed by atoms with van der Waals surface area (Å²) in [5.41, 5.74) is 12.2. The quantitative estimate of drug-likeness (QED) is 0.111. The lowest BCUT2D eigenvalue weighted by Gasteiger charge is -2.35. The molecule has 0 unspecified atom stereocenters. The van der Waals surface area contributed by atoms with Gasteiger partial charge in [-0.25, -0.2) is 0 Å². The third-order valence-electron chi connectivity index (χ3n) is 14.4. The van der Waals surface area contributed by atoms with Crippen LogP contribution in [0.5, 0.6) is 0 Å². The number of hydrogen-bond acceptors (Lipinski definition) is 2. The SMILES string of the molecule is C[Si](C)(C)c1ccc(N(c2ccccc2)c2ccc(-c3ccc4c(c3)[Si](C)(C)c3cccc5c3c-4cc3c4ccccc4c(N(c4ccccc4)c4ccccc4)cc53)c3ccccc23)cc1. The lowest BCUT2D eigenvalue weighted by Crippen LogP contribution is -2.55. The van der Waals surface area contributed by atoms with E-state index in [4.69, 9.17) is 0 Å². The van der Waals surface area contributed by atoms with Crippen molar-refractivity contribution in [1.82, 2.24) is 0 Å². The molecule has 67 heavy (non-hydrogen) atoms. The Kier molecular flexibility index (Phi) is 9.68. The maximum atomic E-state index is 2.56. The Labute approximate surface area is 396 Å². The van der Waals surface area contributed by atoms with Crippen molar-refractivity contribution in [3.05, 3.63) is 224 Å². The lowest BCUT2D eigenvalue weighted by molar-refractivity contribution is 1.30. The minimum atomic E-state index is -2.23. The minimum absolute atomic E-state index is 1.14. The van der Waals surface area contributed by atoms with Crippen molar-refractivity contribution in [2.24, 2.45) is 0 Å². The highest BCUT2D eigenvalue weighted by Crippen LogP contribution is 2.47. The van der Waals surface area contributed by atoms with Crippen LogP contribution in [-0.4, -0.2) is 16.1 Å². The molecule has 0 N–H and O–H groups in total. The van der Waals surface area contributed by atoms with Crippen molar-refractivity contribution in [2.45, 2.75) is 32.7 Å². The second-order valence-corrected chi connectivity index (χ2v) is 29.1. The van der Waals surface area contributed by atoms with Crippen LogP contribution >= 0.6 is 0 Å². The molecule has 0 aromatic heterocycles. The van der Waals surface area contributed by atoms with Crippen molar-refractivity contribution in [2.75, 3.05) is 9.80 Å². The van der Waals surface area contributed by atoms with E-state index in [0.717, 1.165) is 17.1 Å². The van der Waals surface area contributed by atoms with Crippen LogP contribution in [0, 0.1) is 0 Å². The molecule has 0 radical (unpaired) electrons. The summed E-state index contributed by atoms with van der Waals surface area (Å²) >= 11 is 0. The molecule has 11 aromatic rings. The molecule has 12 rings (SSSR count). The van der Waals surface area contributed by atoms with Crippen LogP contribution in [-0.2, 0) is 0 Å². The molecule has 1 heterocycles. The summed E-state index contributed by atoms with van der Waals surface area (Å²) in [6.45, 7) is 12.4. The second kappa shape index (κ2) is 15.8. The van der Waals surface area contributed by atoms with Gasteiger partial charge in [0.15, 0.2) is 0 Å². The number of rotatable bonds is 8. The van der Waals surface area contributed by atoms with Crippen molar-refractivity contribution in [3.63, 3.8) is 0 Å². The van der Waals surface area contributed by atoms with E-state index in [-0.39, 0.29) is 0 Å². The highest BCUT2D eigenvalue weighted by Gasteiger charge is 2.36. The van der Waals surface area contributed by atoms with Crippen LogP contribution in [0.1, 0.15) is 0 Å². The summed E-state index contributed by atoms with van der Waals surface area (Å²) in [5, 5.41) is 14.8. The summed E-state index contributed by atoms with van der Waals surface area (Å²) in [4.78, 5) is 4.85. The normalized spacial score (nSPS) is 13.0. The molecule has 11 aromatic carbocycles. The van der Waals surface area contributed by atoms with Crippen LogP contribution in [0.2, 0.25) is 32.7 Å². The fraction of sp³-hybridized carbons (Fsp3) is 0.0794. The van der Waals surface area contributed by atoms with Gasteiger partial charge in [-0.2, -0.15) is 0 Å². The lowest BCUT2D eigenvalue weighted by atomic mass is 9.88. The number of nitrogens with zero attached hydrogens (tertiary/aromatic N) is 2. The highest BCUT2D eigenvalue weighted by molar-refractivity contribution is 7.03. The summed E-state index contributed by atoms with van der Waals surface area (Å²) in [5.74, 6) is 0. The molecule has 2 nitrogen and oxygen atoms in total. The fourth-order valence-corrected chi connectivity index (χ4v) is 15.3. The first-order valence-electron chi connectivity index (χ1n) is 23.6. The van der Waals surface area contributed by atoms with Gasteiger partial charge < -0.3 is 9.80 Å². The highest BCUT2D eigenvalue weighted by atomic mass is 28.3. The summed E-state index contributed by atoms with van der Waals surface area (Å²) in [7, 11) is -3.69. The summed E-state index contributed by atoms with van der Waals surface area (Å²) < 4.78 is 0. The van der Waals surface area contributed by atoms with E-state index in [2.05, 4.69) is 267 Å². The van der Waals surface area contributed by atoms with E-state index in [1.54, 1.807) is 0 Å². The zero-order chi connectivity index (χ0) is 45.4. The summed E-state index contributed by atoms with van der Waals surface area (Å²) in [6.07, 6.45) is 0. The number of para-hydroxylation sites is 3. The van der Waals surface area contributed by atoms with E-state index >= 15 is 0 Å². The van der Waals surface area contributed by atoms with Crippen LogP contribution in [0.3, 0.4) is 0 Å². The molecule has 4 heteroatoms. The molecule has 0 amide bonds. The Morgan fingerprint density at radius 1 is 0.328 bits per heavy atom. The molecule has 0 spiro atoms. The predicted molar refractivity (Wildman–Crippen MR) is 296 cm³/mol. The molecule has 0 atom stereocenters. The Morgan fingerprint density at radius 2 is 0.821 bits per heavy atom. The van der Waals surface area contributed by atoms with Gasteiger partial charge in [0.1, 0.15) is 8.07 Å². The third-order valence-corrected chi connectivity index (χ3v) is 20.0. The maximum absolute atomic E-state index is 2.56. The van der Waals surface area contributed by atoms with E-state index in [1.807, 2.05) is 0 Å². The molecule has 1 aliphatic heterocycles. The largest absolute Gasteiger partial charge is 0.310 e. The molecule has 0 fully saturated rings. The first-order valence-corrected chi connectivity index (χ1v) is 30.1. The fourth-order valence-electron chi connectivity index (χ4n) is 11.0. The van der Waals surface area contributed by atoms with E-state index in [0.29, 0.717) is 0 Å². The molecule has 1 aliphatic rings. The topological polar surface area (TPSA) is 6.48 Å². The molecule has 0 saturated heterocycles. The first kappa shape index (κ1) is 41.0.